The van der Waals surface area contributed by atoms with Crippen LogP contribution < -0.4 is 9.64 Å². The first-order valence-electron chi connectivity index (χ1n) is 8.56. The summed E-state index contributed by atoms with van der Waals surface area (Å²) in [7, 11) is 0. The molecule has 0 saturated carbocycles. The van der Waals surface area contributed by atoms with Gasteiger partial charge in [0.25, 0.3) is 5.91 Å². The molecule has 0 aliphatic carbocycles. The third kappa shape index (κ3) is 3.77. The van der Waals surface area contributed by atoms with Crippen molar-refractivity contribution in [3.05, 3.63) is 71.9 Å². The largest absolute Gasteiger partial charge is 0.573 e. The minimum atomic E-state index is -4.73. The highest BCUT2D eigenvalue weighted by atomic mass is 19.4. The van der Waals surface area contributed by atoms with Gasteiger partial charge in [0, 0.05) is 43.0 Å². The van der Waals surface area contributed by atoms with Crippen LogP contribution in [-0.4, -0.2) is 30.3 Å². The number of hydrogen-bond donors (Lipinski definition) is 0. The number of nitrogens with zero attached hydrogens (tertiary/aromatic N) is 2. The van der Waals surface area contributed by atoms with Crippen molar-refractivity contribution >= 4 is 11.6 Å². The lowest BCUT2D eigenvalue weighted by Gasteiger charge is -2.21. The number of ether oxygens (including phenoxy) is 1. The molecule has 2 aliphatic heterocycles. The van der Waals surface area contributed by atoms with Gasteiger partial charge in [-0.25, -0.2) is 0 Å². The minimum Gasteiger partial charge on any atom is -0.406 e. The predicted octanol–water partition coefficient (Wildman–Crippen LogP) is 3.95. The molecule has 2 heterocycles. The fourth-order valence-electron chi connectivity index (χ4n) is 3.56. The summed E-state index contributed by atoms with van der Waals surface area (Å²) in [6, 6.07) is 15.4. The number of carbonyl (C=O) groups excluding carboxylic acids is 1. The summed E-state index contributed by atoms with van der Waals surface area (Å²) in [6.07, 6.45) is -2.82. The van der Waals surface area contributed by atoms with Crippen LogP contribution in [0.4, 0.5) is 18.9 Å². The number of benzene rings is 2. The number of amides is 1. The van der Waals surface area contributed by atoms with Gasteiger partial charge in [-0.15, -0.1) is 13.2 Å². The van der Waals surface area contributed by atoms with E-state index in [1.165, 1.54) is 29.8 Å². The van der Waals surface area contributed by atoms with Gasteiger partial charge in [-0.3, -0.25) is 4.79 Å². The highest BCUT2D eigenvalue weighted by Gasteiger charge is 2.40. The van der Waals surface area contributed by atoms with Crippen molar-refractivity contribution in [2.24, 2.45) is 5.92 Å². The van der Waals surface area contributed by atoms with E-state index in [2.05, 4.69) is 9.64 Å². The fourth-order valence-corrected chi connectivity index (χ4v) is 3.56. The van der Waals surface area contributed by atoms with Gasteiger partial charge < -0.3 is 14.5 Å². The minimum absolute atomic E-state index is 0.0972. The first-order valence-corrected chi connectivity index (χ1v) is 8.56. The summed E-state index contributed by atoms with van der Waals surface area (Å²) in [5.74, 6) is -0.293. The SMILES string of the molecule is O=C1C2=CN(Cc3ccccc3)CC2CN1c1ccc(OC(F)(F)F)cc1. The molecular weight excluding hydrogens is 357 g/mol. The summed E-state index contributed by atoms with van der Waals surface area (Å²) in [4.78, 5) is 16.5. The van der Waals surface area contributed by atoms with Gasteiger partial charge in [0.2, 0.25) is 0 Å². The highest BCUT2D eigenvalue weighted by Crippen LogP contribution is 2.35. The van der Waals surface area contributed by atoms with Gasteiger partial charge in [0.05, 0.1) is 0 Å². The van der Waals surface area contributed by atoms with Crippen LogP contribution in [0.3, 0.4) is 0 Å². The maximum atomic E-state index is 12.7. The topological polar surface area (TPSA) is 32.8 Å². The van der Waals surface area contributed by atoms with Crippen molar-refractivity contribution in [1.82, 2.24) is 4.90 Å². The normalized spacial score (nSPS) is 19.3. The average Bonchev–Trinajstić information content (AvgIpc) is 3.14. The van der Waals surface area contributed by atoms with Crippen LogP contribution in [0.5, 0.6) is 5.75 Å². The Bertz CT molecular complexity index is 863. The van der Waals surface area contributed by atoms with Crippen molar-refractivity contribution < 1.29 is 22.7 Å². The van der Waals surface area contributed by atoms with E-state index >= 15 is 0 Å². The Labute approximate surface area is 154 Å². The zero-order chi connectivity index (χ0) is 19.0. The number of carbonyl (C=O) groups is 1. The first-order chi connectivity index (χ1) is 12.9. The van der Waals surface area contributed by atoms with Gasteiger partial charge in [-0.05, 0) is 29.8 Å². The molecule has 1 fully saturated rings. The van der Waals surface area contributed by atoms with Crippen LogP contribution in [0.25, 0.3) is 0 Å². The molecule has 0 aromatic heterocycles. The summed E-state index contributed by atoms with van der Waals surface area (Å²) in [6.45, 7) is 2.02. The summed E-state index contributed by atoms with van der Waals surface area (Å²) in [5.41, 5.74) is 2.50. The summed E-state index contributed by atoms with van der Waals surface area (Å²) < 4.78 is 40.6. The van der Waals surface area contributed by atoms with E-state index in [1.54, 1.807) is 4.90 Å². The molecule has 4 rings (SSSR count). The molecule has 0 N–H and O–H groups in total. The van der Waals surface area contributed by atoms with Gasteiger partial charge in [0.1, 0.15) is 5.75 Å². The van der Waals surface area contributed by atoms with E-state index in [-0.39, 0.29) is 17.6 Å². The maximum Gasteiger partial charge on any atom is 0.573 e. The number of fused-ring (bicyclic) bond motifs is 1. The molecule has 0 bridgehead atoms. The van der Waals surface area contributed by atoms with Crippen LogP contribution >= 0.6 is 0 Å². The molecule has 27 heavy (non-hydrogen) atoms. The van der Waals surface area contributed by atoms with Crippen molar-refractivity contribution in [2.45, 2.75) is 12.9 Å². The van der Waals surface area contributed by atoms with Crippen LogP contribution in [0.1, 0.15) is 5.56 Å². The molecule has 7 heteroatoms. The Balaban J connectivity index is 1.44. The Morgan fingerprint density at radius 3 is 2.33 bits per heavy atom. The molecule has 1 unspecified atom stereocenters. The van der Waals surface area contributed by atoms with Crippen LogP contribution in [0, 0.1) is 5.92 Å². The van der Waals surface area contributed by atoms with Crippen molar-refractivity contribution in [2.75, 3.05) is 18.0 Å². The van der Waals surface area contributed by atoms with Crippen LogP contribution in [0.15, 0.2) is 66.4 Å². The Hall–Kier alpha value is -2.96. The molecule has 140 valence electrons. The van der Waals surface area contributed by atoms with E-state index in [1.807, 2.05) is 36.5 Å². The predicted molar refractivity (Wildman–Crippen MR) is 93.9 cm³/mol. The monoisotopic (exact) mass is 374 g/mol. The third-order valence-electron chi connectivity index (χ3n) is 4.72. The van der Waals surface area contributed by atoms with Gasteiger partial charge in [-0.1, -0.05) is 30.3 Å². The van der Waals surface area contributed by atoms with E-state index in [0.29, 0.717) is 12.2 Å². The number of halogens is 3. The Kier molecular flexibility index (Phi) is 4.30. The number of anilines is 1. The Morgan fingerprint density at radius 1 is 1.00 bits per heavy atom. The molecule has 0 spiro atoms. The summed E-state index contributed by atoms with van der Waals surface area (Å²) in [5, 5.41) is 0. The second kappa shape index (κ2) is 6.64. The molecule has 1 saturated heterocycles. The second-order valence-electron chi connectivity index (χ2n) is 6.65. The van der Waals surface area contributed by atoms with E-state index in [0.717, 1.165) is 18.7 Å². The third-order valence-corrected chi connectivity index (χ3v) is 4.72. The van der Waals surface area contributed by atoms with E-state index in [4.69, 9.17) is 0 Å². The number of hydrogen-bond acceptors (Lipinski definition) is 3. The molecule has 2 aliphatic rings. The van der Waals surface area contributed by atoms with Crippen molar-refractivity contribution in [3.63, 3.8) is 0 Å². The zero-order valence-corrected chi connectivity index (χ0v) is 14.3. The second-order valence-corrected chi connectivity index (χ2v) is 6.65. The van der Waals surface area contributed by atoms with Crippen molar-refractivity contribution in [3.8, 4) is 5.75 Å². The van der Waals surface area contributed by atoms with Gasteiger partial charge >= 0.3 is 6.36 Å². The molecule has 1 atom stereocenters. The highest BCUT2D eigenvalue weighted by molar-refractivity contribution is 6.09. The lowest BCUT2D eigenvalue weighted by atomic mass is 10.1. The first kappa shape index (κ1) is 17.5. The van der Waals surface area contributed by atoms with E-state index < -0.39 is 6.36 Å². The molecular formula is C20H17F3N2O2. The Morgan fingerprint density at radius 2 is 1.70 bits per heavy atom. The van der Waals surface area contributed by atoms with Crippen LogP contribution in [0.2, 0.25) is 0 Å². The number of rotatable bonds is 4. The van der Waals surface area contributed by atoms with E-state index in [9.17, 15) is 18.0 Å². The van der Waals surface area contributed by atoms with Gasteiger partial charge in [-0.2, -0.15) is 0 Å². The molecule has 4 nitrogen and oxygen atoms in total. The molecule has 2 aromatic carbocycles. The lowest BCUT2D eigenvalue weighted by Crippen LogP contribution is -2.28. The molecule has 2 aromatic rings. The maximum absolute atomic E-state index is 12.7. The zero-order valence-electron chi connectivity index (χ0n) is 14.3. The molecule has 1 amide bonds. The number of alkyl halides is 3. The summed E-state index contributed by atoms with van der Waals surface area (Å²) >= 11 is 0. The quantitative estimate of drug-likeness (QED) is 0.813. The average molecular weight is 374 g/mol. The lowest BCUT2D eigenvalue weighted by molar-refractivity contribution is -0.274. The van der Waals surface area contributed by atoms with Crippen molar-refractivity contribution in [1.29, 1.82) is 0 Å². The van der Waals surface area contributed by atoms with Gasteiger partial charge in [0.15, 0.2) is 0 Å². The standard InChI is InChI=1S/C20H17F3N2O2/c21-20(22,23)27-17-8-6-16(7-9-17)25-12-15-11-24(13-18(15)19(25)26)10-14-4-2-1-3-5-14/h1-9,13,15H,10-12H2. The molecule has 0 radical (unpaired) electrons. The fraction of sp³-hybridized carbons (Fsp3) is 0.250. The smallest absolute Gasteiger partial charge is 0.406 e. The van der Waals surface area contributed by atoms with Crippen LogP contribution in [-0.2, 0) is 11.3 Å².